The van der Waals surface area contributed by atoms with E-state index in [0.717, 1.165) is 25.7 Å². The van der Waals surface area contributed by atoms with Gasteiger partial charge in [0.25, 0.3) is 6.71 Å². The van der Waals surface area contributed by atoms with Crippen molar-refractivity contribution < 1.29 is 4.39 Å². The van der Waals surface area contributed by atoms with E-state index in [2.05, 4.69) is 10.9 Å². The standard InChI is InChI=1S/C12H15BFN3/c14-12-10(2-1-3-11(12)16)8-17-6-4-13(9-15)5-7-17/h1-3H,4-8,16H2. The quantitative estimate of drug-likeness (QED) is 0.623. The first-order valence-corrected chi connectivity index (χ1v) is 5.85. The lowest BCUT2D eigenvalue weighted by Gasteiger charge is -2.27. The van der Waals surface area contributed by atoms with Crippen LogP contribution in [-0.2, 0) is 6.54 Å². The molecule has 1 fully saturated rings. The maximum atomic E-state index is 13.7. The summed E-state index contributed by atoms with van der Waals surface area (Å²) in [5, 5.41) is 8.80. The predicted octanol–water partition coefficient (Wildman–Crippen LogP) is 1.78. The lowest BCUT2D eigenvalue weighted by Crippen LogP contribution is -2.36. The fourth-order valence-corrected chi connectivity index (χ4v) is 2.18. The number of anilines is 1. The van der Waals surface area contributed by atoms with Gasteiger partial charge in [-0.05, 0) is 31.8 Å². The van der Waals surface area contributed by atoms with Crippen molar-refractivity contribution in [2.75, 3.05) is 18.8 Å². The summed E-state index contributed by atoms with van der Waals surface area (Å²) < 4.78 is 13.7. The van der Waals surface area contributed by atoms with Crippen molar-refractivity contribution in [3.05, 3.63) is 29.6 Å². The van der Waals surface area contributed by atoms with E-state index in [-0.39, 0.29) is 18.2 Å². The van der Waals surface area contributed by atoms with Gasteiger partial charge in [-0.25, -0.2) is 9.65 Å². The van der Waals surface area contributed by atoms with Gasteiger partial charge in [0.2, 0.25) is 0 Å². The molecule has 1 aliphatic rings. The van der Waals surface area contributed by atoms with Crippen LogP contribution in [0.5, 0.6) is 0 Å². The molecule has 0 amide bonds. The molecule has 0 bridgehead atoms. The minimum absolute atomic E-state index is 0.164. The summed E-state index contributed by atoms with van der Waals surface area (Å²) in [6.07, 6.45) is 1.75. The van der Waals surface area contributed by atoms with Gasteiger partial charge in [0, 0.05) is 18.1 Å². The lowest BCUT2D eigenvalue weighted by atomic mass is 9.45. The van der Waals surface area contributed by atoms with Crippen molar-refractivity contribution in [3.8, 4) is 5.97 Å². The fraction of sp³-hybridized carbons (Fsp3) is 0.417. The Morgan fingerprint density at radius 2 is 2.12 bits per heavy atom. The van der Waals surface area contributed by atoms with Gasteiger partial charge in [-0.15, -0.1) is 0 Å². The molecule has 0 unspecified atom stereocenters. The molecule has 5 heteroatoms. The summed E-state index contributed by atoms with van der Waals surface area (Å²) in [5.74, 6) is 1.98. The molecule has 0 spiro atoms. The highest BCUT2D eigenvalue weighted by molar-refractivity contribution is 6.67. The molecule has 88 valence electrons. The Hall–Kier alpha value is -1.54. The average Bonchev–Trinajstić information content (AvgIpc) is 2.36. The van der Waals surface area contributed by atoms with Gasteiger partial charge in [-0.1, -0.05) is 12.1 Å². The molecule has 0 atom stereocenters. The molecule has 1 heterocycles. The molecular weight excluding hydrogens is 216 g/mol. The Morgan fingerprint density at radius 1 is 1.41 bits per heavy atom. The van der Waals surface area contributed by atoms with Crippen LogP contribution < -0.4 is 5.73 Å². The van der Waals surface area contributed by atoms with E-state index in [0.29, 0.717) is 12.1 Å². The molecule has 17 heavy (non-hydrogen) atoms. The van der Waals surface area contributed by atoms with E-state index in [4.69, 9.17) is 11.0 Å². The van der Waals surface area contributed by atoms with Crippen LogP contribution in [0, 0.1) is 17.0 Å². The van der Waals surface area contributed by atoms with Gasteiger partial charge in [-0.2, -0.15) is 0 Å². The first-order valence-electron chi connectivity index (χ1n) is 5.85. The zero-order valence-corrected chi connectivity index (χ0v) is 9.69. The summed E-state index contributed by atoms with van der Waals surface area (Å²) in [6.45, 7) is 2.45. The van der Waals surface area contributed by atoms with Crippen molar-refractivity contribution in [1.29, 1.82) is 5.26 Å². The van der Waals surface area contributed by atoms with Gasteiger partial charge < -0.3 is 10.6 Å². The number of hydrogen-bond donors (Lipinski definition) is 1. The monoisotopic (exact) mass is 231 g/mol. The Bertz CT molecular complexity index is 436. The van der Waals surface area contributed by atoms with Crippen LogP contribution in [0.2, 0.25) is 12.6 Å². The molecule has 1 aromatic carbocycles. The molecule has 3 nitrogen and oxygen atoms in total. The summed E-state index contributed by atoms with van der Waals surface area (Å²) in [7, 11) is 0. The minimum Gasteiger partial charge on any atom is -0.396 e. The maximum Gasteiger partial charge on any atom is 0.270 e. The zero-order chi connectivity index (χ0) is 12.3. The van der Waals surface area contributed by atoms with Gasteiger partial charge in [0.05, 0.1) is 5.69 Å². The van der Waals surface area contributed by atoms with Crippen LogP contribution in [0.25, 0.3) is 0 Å². The molecule has 0 radical (unpaired) electrons. The highest BCUT2D eigenvalue weighted by atomic mass is 19.1. The van der Waals surface area contributed by atoms with Crippen LogP contribution in [0.1, 0.15) is 5.56 Å². The van der Waals surface area contributed by atoms with E-state index in [1.807, 2.05) is 0 Å². The third-order valence-electron chi connectivity index (χ3n) is 3.27. The third-order valence-corrected chi connectivity index (χ3v) is 3.27. The van der Waals surface area contributed by atoms with Crippen molar-refractivity contribution >= 4 is 12.4 Å². The van der Waals surface area contributed by atoms with Gasteiger partial charge >= 0.3 is 0 Å². The van der Waals surface area contributed by atoms with Crippen LogP contribution in [0.15, 0.2) is 18.2 Å². The number of benzene rings is 1. The average molecular weight is 231 g/mol. The van der Waals surface area contributed by atoms with Gasteiger partial charge in [-0.3, -0.25) is 0 Å². The van der Waals surface area contributed by atoms with Gasteiger partial charge in [0.1, 0.15) is 0 Å². The van der Waals surface area contributed by atoms with E-state index >= 15 is 0 Å². The molecule has 2 N–H and O–H groups in total. The molecule has 1 aromatic rings. The molecule has 0 aliphatic carbocycles. The highest BCUT2D eigenvalue weighted by Gasteiger charge is 2.23. The lowest BCUT2D eigenvalue weighted by molar-refractivity contribution is 0.280. The number of hydrogen-bond acceptors (Lipinski definition) is 3. The zero-order valence-electron chi connectivity index (χ0n) is 9.69. The van der Waals surface area contributed by atoms with Crippen LogP contribution in [-0.4, -0.2) is 24.7 Å². The second-order valence-corrected chi connectivity index (χ2v) is 4.50. The maximum absolute atomic E-state index is 13.7. The normalized spacial score (nSPS) is 16.8. The van der Waals surface area contributed by atoms with Crippen LogP contribution >= 0.6 is 0 Å². The first-order chi connectivity index (χ1) is 8.20. The number of nitrogen functional groups attached to an aromatic ring is 1. The van der Waals surface area contributed by atoms with Crippen molar-refractivity contribution in [1.82, 2.24) is 4.90 Å². The van der Waals surface area contributed by atoms with Crippen molar-refractivity contribution in [2.45, 2.75) is 19.2 Å². The van der Waals surface area contributed by atoms with Crippen molar-refractivity contribution in [3.63, 3.8) is 0 Å². The molecular formula is C12H15BFN3. The highest BCUT2D eigenvalue weighted by Crippen LogP contribution is 2.19. The second-order valence-electron chi connectivity index (χ2n) is 4.50. The Balaban J connectivity index is 1.98. The SMILES string of the molecule is N#CB1CCN(Cc2cccc(N)c2F)CC1. The second kappa shape index (κ2) is 5.20. The van der Waals surface area contributed by atoms with Gasteiger partial charge in [0.15, 0.2) is 5.82 Å². The summed E-state index contributed by atoms with van der Waals surface area (Å²) in [4.78, 5) is 2.17. The summed E-state index contributed by atoms with van der Waals surface area (Å²) >= 11 is 0. The minimum atomic E-state index is -0.310. The molecule has 0 saturated carbocycles. The summed E-state index contributed by atoms with van der Waals surface area (Å²) in [5.41, 5.74) is 6.38. The predicted molar refractivity (Wildman–Crippen MR) is 67.1 cm³/mol. The number of rotatable bonds is 2. The largest absolute Gasteiger partial charge is 0.396 e. The molecule has 0 aromatic heterocycles. The Morgan fingerprint density at radius 3 is 2.76 bits per heavy atom. The number of halogens is 1. The molecule has 1 aliphatic heterocycles. The number of nitriles is 1. The molecule has 1 saturated heterocycles. The number of nitrogens with zero attached hydrogens (tertiary/aromatic N) is 2. The molecule has 2 rings (SSSR count). The van der Waals surface area contributed by atoms with E-state index in [9.17, 15) is 4.39 Å². The van der Waals surface area contributed by atoms with Crippen molar-refractivity contribution in [2.24, 2.45) is 0 Å². The van der Waals surface area contributed by atoms with Crippen LogP contribution in [0.3, 0.4) is 0 Å². The summed E-state index contributed by atoms with van der Waals surface area (Å²) in [6, 6.07) is 5.11. The Kier molecular flexibility index (Phi) is 3.65. The smallest absolute Gasteiger partial charge is 0.270 e. The van der Waals surface area contributed by atoms with Crippen LogP contribution in [0.4, 0.5) is 10.1 Å². The van der Waals surface area contributed by atoms with E-state index in [1.54, 1.807) is 18.2 Å². The third kappa shape index (κ3) is 2.77. The topological polar surface area (TPSA) is 53.0 Å². The fourth-order valence-electron chi connectivity index (χ4n) is 2.18. The van der Waals surface area contributed by atoms with E-state index in [1.165, 1.54) is 0 Å². The number of nitrogens with two attached hydrogens (primary N) is 1. The van der Waals surface area contributed by atoms with E-state index < -0.39 is 0 Å². The Labute approximate surface area is 101 Å². The first kappa shape index (κ1) is 11.9.